The van der Waals surface area contributed by atoms with Crippen LogP contribution in [0.25, 0.3) is 0 Å². The van der Waals surface area contributed by atoms with Crippen LogP contribution in [-0.2, 0) is 16.8 Å². The van der Waals surface area contributed by atoms with E-state index in [0.29, 0.717) is 6.54 Å². The Morgan fingerprint density at radius 3 is 2.46 bits per heavy atom. The van der Waals surface area contributed by atoms with Crippen LogP contribution >= 0.6 is 0 Å². The molecule has 1 spiro atoms. The van der Waals surface area contributed by atoms with Crippen LogP contribution in [0.15, 0.2) is 54.6 Å². The Bertz CT molecular complexity index is 875. The minimum atomic E-state index is -3.48. The second-order valence-electron chi connectivity index (χ2n) is 7.42. The zero-order valence-corrected chi connectivity index (χ0v) is 15.9. The largest absolute Gasteiger partial charge is 0.302 e. The van der Waals surface area contributed by atoms with Gasteiger partial charge in [0.15, 0.2) is 0 Å². The average molecular weight is 372 g/mol. The van der Waals surface area contributed by atoms with Crippen molar-refractivity contribution >= 4 is 15.9 Å². The Kier molecular flexibility index (Phi) is 4.50. The molecule has 0 amide bonds. The van der Waals surface area contributed by atoms with Crippen LogP contribution in [0.5, 0.6) is 0 Å². The van der Waals surface area contributed by atoms with Gasteiger partial charge in [-0.15, -0.1) is 0 Å². The van der Waals surface area contributed by atoms with Gasteiger partial charge in [-0.1, -0.05) is 42.5 Å². The lowest BCUT2D eigenvalue weighted by Crippen LogP contribution is -2.54. The fraction of sp³-hybridized carbons (Fsp3) is 0.400. The summed E-state index contributed by atoms with van der Waals surface area (Å²) in [4.78, 5) is 2.42. The number of nitrogens with zero attached hydrogens (tertiary/aromatic N) is 2. The van der Waals surface area contributed by atoms with Crippen LogP contribution in [0, 0.1) is 6.92 Å². The van der Waals surface area contributed by atoms with Crippen LogP contribution in [0.3, 0.4) is 0 Å². The van der Waals surface area contributed by atoms with Crippen LogP contribution < -0.4 is 9.03 Å². The lowest BCUT2D eigenvalue weighted by Gasteiger charge is -2.43. The van der Waals surface area contributed by atoms with Crippen molar-refractivity contribution in [2.75, 3.05) is 23.9 Å². The van der Waals surface area contributed by atoms with E-state index in [-0.39, 0.29) is 5.54 Å². The number of hydrogen-bond donors (Lipinski definition) is 1. The number of nitrogens with one attached hydrogen (secondary N) is 1. The third-order valence-corrected chi connectivity index (χ3v) is 7.11. The molecule has 1 N–H and O–H groups in total. The highest BCUT2D eigenvalue weighted by Gasteiger charge is 2.51. The molecule has 26 heavy (non-hydrogen) atoms. The van der Waals surface area contributed by atoms with E-state index in [1.54, 1.807) is 4.31 Å². The topological polar surface area (TPSA) is 52.6 Å². The molecule has 0 atom stereocenters. The van der Waals surface area contributed by atoms with Crippen molar-refractivity contribution < 1.29 is 8.42 Å². The van der Waals surface area contributed by atoms with Gasteiger partial charge in [0.1, 0.15) is 0 Å². The highest BCUT2D eigenvalue weighted by atomic mass is 32.2. The van der Waals surface area contributed by atoms with Crippen LogP contribution in [0.4, 0.5) is 5.69 Å². The third-order valence-electron chi connectivity index (χ3n) is 5.53. The van der Waals surface area contributed by atoms with E-state index < -0.39 is 10.2 Å². The number of anilines is 1. The maximum Gasteiger partial charge on any atom is 0.302 e. The first-order chi connectivity index (χ1) is 12.5. The predicted octanol–water partition coefficient (Wildman–Crippen LogP) is 2.68. The molecule has 0 saturated carbocycles. The van der Waals surface area contributed by atoms with Crippen molar-refractivity contribution in [2.24, 2.45) is 0 Å². The Morgan fingerprint density at radius 1 is 1.04 bits per heavy atom. The molecule has 4 rings (SSSR count). The first-order valence-electron chi connectivity index (χ1n) is 9.12. The summed E-state index contributed by atoms with van der Waals surface area (Å²) in [6.07, 6.45) is 1.67. The van der Waals surface area contributed by atoms with Gasteiger partial charge in [0, 0.05) is 26.2 Å². The first kappa shape index (κ1) is 17.5. The fourth-order valence-electron chi connectivity index (χ4n) is 4.13. The van der Waals surface area contributed by atoms with Gasteiger partial charge < -0.3 is 0 Å². The van der Waals surface area contributed by atoms with E-state index in [4.69, 9.17) is 0 Å². The van der Waals surface area contributed by atoms with Crippen molar-refractivity contribution in [3.8, 4) is 0 Å². The van der Waals surface area contributed by atoms with E-state index in [0.717, 1.165) is 43.7 Å². The Labute approximate surface area is 155 Å². The maximum atomic E-state index is 12.7. The van der Waals surface area contributed by atoms with Crippen molar-refractivity contribution in [1.29, 1.82) is 0 Å². The van der Waals surface area contributed by atoms with Gasteiger partial charge in [-0.05, 0) is 43.0 Å². The van der Waals surface area contributed by atoms with Crippen LogP contribution in [0.1, 0.15) is 24.0 Å². The number of rotatable bonds is 3. The van der Waals surface area contributed by atoms with Gasteiger partial charge in [-0.3, -0.25) is 9.21 Å². The minimum absolute atomic E-state index is 0.361. The molecule has 2 heterocycles. The van der Waals surface area contributed by atoms with E-state index in [1.807, 2.05) is 37.3 Å². The molecule has 2 aliphatic heterocycles. The van der Waals surface area contributed by atoms with Gasteiger partial charge in [-0.2, -0.15) is 13.1 Å². The van der Waals surface area contributed by atoms with E-state index >= 15 is 0 Å². The Balaban J connectivity index is 1.55. The molecule has 5 nitrogen and oxygen atoms in total. The molecule has 2 fully saturated rings. The quantitative estimate of drug-likeness (QED) is 0.903. The summed E-state index contributed by atoms with van der Waals surface area (Å²) in [6, 6.07) is 18.2. The highest BCUT2D eigenvalue weighted by Crippen LogP contribution is 2.39. The molecular formula is C20H25N3O2S. The summed E-state index contributed by atoms with van der Waals surface area (Å²) < 4.78 is 29.9. The predicted molar refractivity (Wildman–Crippen MR) is 104 cm³/mol. The molecule has 0 aliphatic carbocycles. The Hall–Kier alpha value is -1.89. The fourth-order valence-corrected chi connectivity index (χ4v) is 5.86. The zero-order chi connectivity index (χ0) is 18.2. The molecule has 2 saturated heterocycles. The molecule has 0 bridgehead atoms. The van der Waals surface area contributed by atoms with Gasteiger partial charge in [0.25, 0.3) is 0 Å². The Morgan fingerprint density at radius 2 is 1.77 bits per heavy atom. The molecule has 2 aromatic carbocycles. The third kappa shape index (κ3) is 3.24. The summed E-state index contributed by atoms with van der Waals surface area (Å²) in [5, 5.41) is 0. The van der Waals surface area contributed by atoms with Crippen LogP contribution in [-0.4, -0.2) is 38.5 Å². The standard InChI is InChI=1S/C20H25N3O2S/c1-17-6-5-9-19(14-17)23-20(16-21-26(23,24)25)10-12-22(13-11-20)15-18-7-3-2-4-8-18/h2-9,14,21H,10-13,15-16H2,1H3. The number of piperidine rings is 1. The van der Waals surface area contributed by atoms with E-state index in [2.05, 4.69) is 33.9 Å². The lowest BCUT2D eigenvalue weighted by atomic mass is 9.87. The van der Waals surface area contributed by atoms with Crippen molar-refractivity contribution in [3.63, 3.8) is 0 Å². The lowest BCUT2D eigenvalue weighted by molar-refractivity contribution is 0.164. The second kappa shape index (κ2) is 6.68. The van der Waals surface area contributed by atoms with E-state index in [9.17, 15) is 8.42 Å². The van der Waals surface area contributed by atoms with E-state index in [1.165, 1.54) is 5.56 Å². The molecule has 138 valence electrons. The first-order valence-corrected chi connectivity index (χ1v) is 10.6. The summed E-state index contributed by atoms with van der Waals surface area (Å²) in [5.74, 6) is 0. The molecule has 2 aliphatic rings. The van der Waals surface area contributed by atoms with Crippen molar-refractivity contribution in [2.45, 2.75) is 31.8 Å². The van der Waals surface area contributed by atoms with Gasteiger partial charge in [-0.25, -0.2) is 0 Å². The van der Waals surface area contributed by atoms with Crippen LogP contribution in [0.2, 0.25) is 0 Å². The highest BCUT2D eigenvalue weighted by molar-refractivity contribution is 7.91. The molecule has 2 aromatic rings. The zero-order valence-electron chi connectivity index (χ0n) is 15.1. The summed E-state index contributed by atoms with van der Waals surface area (Å²) in [7, 11) is -3.48. The SMILES string of the molecule is Cc1cccc(N2C3(CCN(Cc4ccccc4)CC3)CNS2(=O)=O)c1. The molecule has 0 radical (unpaired) electrons. The normalized spacial score (nSPS) is 22.0. The number of benzene rings is 2. The molecule has 0 aromatic heterocycles. The van der Waals surface area contributed by atoms with Gasteiger partial charge in [0.05, 0.1) is 11.2 Å². The minimum Gasteiger partial charge on any atom is -0.299 e. The summed E-state index contributed by atoms with van der Waals surface area (Å²) in [6.45, 7) is 5.20. The van der Waals surface area contributed by atoms with Crippen molar-refractivity contribution in [1.82, 2.24) is 9.62 Å². The van der Waals surface area contributed by atoms with Gasteiger partial charge in [0.2, 0.25) is 0 Å². The second-order valence-corrected chi connectivity index (χ2v) is 9.02. The number of hydrogen-bond acceptors (Lipinski definition) is 3. The average Bonchev–Trinajstić information content (AvgIpc) is 2.89. The summed E-state index contributed by atoms with van der Waals surface area (Å²) in [5.41, 5.74) is 2.78. The molecule has 0 unspecified atom stereocenters. The summed E-state index contributed by atoms with van der Waals surface area (Å²) >= 11 is 0. The maximum absolute atomic E-state index is 12.7. The smallest absolute Gasteiger partial charge is 0.299 e. The van der Waals surface area contributed by atoms with Crippen molar-refractivity contribution in [3.05, 3.63) is 65.7 Å². The van der Waals surface area contributed by atoms with Gasteiger partial charge >= 0.3 is 10.2 Å². The number of aryl methyl sites for hydroxylation is 1. The molecule has 6 heteroatoms. The molecular weight excluding hydrogens is 346 g/mol. The monoisotopic (exact) mass is 371 g/mol. The number of likely N-dealkylation sites (tertiary alicyclic amines) is 1.